The lowest BCUT2D eigenvalue weighted by Crippen LogP contribution is -2.49. The number of hydrogen-bond donors (Lipinski definition) is 1. The van der Waals surface area contributed by atoms with Crippen LogP contribution in [0.3, 0.4) is 0 Å². The van der Waals surface area contributed by atoms with Gasteiger partial charge in [0.2, 0.25) is 11.8 Å². The summed E-state index contributed by atoms with van der Waals surface area (Å²) in [6, 6.07) is -0.625. The zero-order valence-corrected chi connectivity index (χ0v) is 8.02. The molecule has 0 radical (unpaired) electrons. The molecule has 4 amide bonds. The van der Waals surface area contributed by atoms with Crippen LogP contribution in [0.4, 0.5) is 4.79 Å². The number of carbonyl (C=O) groups is 3. The van der Waals surface area contributed by atoms with E-state index >= 15 is 0 Å². The molecule has 0 aliphatic carbocycles. The second-order valence-electron chi connectivity index (χ2n) is 2.55. The van der Waals surface area contributed by atoms with Crippen LogP contribution in [0, 0.1) is 0 Å². The molecule has 1 aliphatic heterocycles. The fourth-order valence-corrected chi connectivity index (χ4v) is 1.59. The van der Waals surface area contributed by atoms with Crippen LogP contribution in [0.25, 0.3) is 0 Å². The van der Waals surface area contributed by atoms with Gasteiger partial charge in [0.1, 0.15) is 6.42 Å². The van der Waals surface area contributed by atoms with Crippen molar-refractivity contribution in [2.75, 3.05) is 5.75 Å². The van der Waals surface area contributed by atoms with Gasteiger partial charge in [0, 0.05) is 5.75 Å². The first-order chi connectivity index (χ1) is 6.15. The molecule has 0 unspecified atom stereocenters. The Morgan fingerprint density at radius 2 is 2.15 bits per heavy atom. The van der Waals surface area contributed by atoms with Crippen molar-refractivity contribution < 1.29 is 14.4 Å². The van der Waals surface area contributed by atoms with Crippen LogP contribution in [0.2, 0.25) is 0 Å². The Morgan fingerprint density at radius 1 is 1.46 bits per heavy atom. The number of nitrogens with zero attached hydrogens (tertiary/aromatic N) is 1. The van der Waals surface area contributed by atoms with E-state index in [0.717, 1.165) is 22.7 Å². The maximum Gasteiger partial charge on any atom is 0.341 e. The van der Waals surface area contributed by atoms with Gasteiger partial charge in [-0.3, -0.25) is 14.9 Å². The summed E-state index contributed by atoms with van der Waals surface area (Å²) >= 11 is 1.14. The molecule has 6 heteroatoms. The van der Waals surface area contributed by atoms with Gasteiger partial charge in [0.25, 0.3) is 0 Å². The van der Waals surface area contributed by atoms with E-state index in [1.807, 2.05) is 6.92 Å². The maximum absolute atomic E-state index is 11.1. The molecular formula is C7H10N2O3S. The van der Waals surface area contributed by atoms with Crippen LogP contribution < -0.4 is 5.32 Å². The zero-order chi connectivity index (χ0) is 9.84. The normalized spacial score (nSPS) is 17.6. The molecular weight excluding hydrogens is 192 g/mol. The third-order valence-corrected chi connectivity index (χ3v) is 2.61. The van der Waals surface area contributed by atoms with Crippen LogP contribution in [-0.2, 0) is 9.59 Å². The first kappa shape index (κ1) is 10.0. The Morgan fingerprint density at radius 3 is 2.69 bits per heavy atom. The average molecular weight is 202 g/mol. The van der Waals surface area contributed by atoms with Crippen molar-refractivity contribution in [1.29, 1.82) is 0 Å². The summed E-state index contributed by atoms with van der Waals surface area (Å²) in [6.45, 7) is 1.95. The molecule has 0 bridgehead atoms. The second kappa shape index (κ2) is 4.27. The predicted molar refractivity (Wildman–Crippen MR) is 47.8 cm³/mol. The minimum atomic E-state index is -0.625. The third kappa shape index (κ3) is 2.45. The van der Waals surface area contributed by atoms with E-state index in [4.69, 9.17) is 0 Å². The Hall–Kier alpha value is -1.04. The van der Waals surface area contributed by atoms with Gasteiger partial charge in [-0.1, -0.05) is 6.92 Å². The monoisotopic (exact) mass is 202 g/mol. The van der Waals surface area contributed by atoms with Gasteiger partial charge in [0.15, 0.2) is 0 Å². The number of hydrogen-bond acceptors (Lipinski definition) is 4. The predicted octanol–water partition coefficient (Wildman–Crippen LogP) is 0.513. The molecule has 1 aliphatic rings. The SMILES string of the molecule is CCCSN1C(=O)CC(=O)NC1=O. The summed E-state index contributed by atoms with van der Waals surface area (Å²) in [5.74, 6) is -0.275. The minimum absolute atomic E-state index is 0.234. The van der Waals surface area contributed by atoms with Crippen LogP contribution in [0.1, 0.15) is 19.8 Å². The average Bonchev–Trinajstić information content (AvgIpc) is 2.02. The third-order valence-electron chi connectivity index (χ3n) is 1.39. The number of urea groups is 1. The Kier molecular flexibility index (Phi) is 3.30. The maximum atomic E-state index is 11.1. The van der Waals surface area contributed by atoms with E-state index in [1.54, 1.807) is 0 Å². The molecule has 0 saturated carbocycles. The molecule has 1 saturated heterocycles. The van der Waals surface area contributed by atoms with Crippen LogP contribution in [-0.4, -0.2) is 27.9 Å². The van der Waals surface area contributed by atoms with Crippen molar-refractivity contribution in [3.63, 3.8) is 0 Å². The van der Waals surface area contributed by atoms with E-state index in [1.165, 1.54) is 0 Å². The van der Waals surface area contributed by atoms with E-state index in [0.29, 0.717) is 5.75 Å². The lowest BCUT2D eigenvalue weighted by Gasteiger charge is -2.22. The number of barbiturate groups is 1. The van der Waals surface area contributed by atoms with Gasteiger partial charge < -0.3 is 0 Å². The number of rotatable bonds is 3. The van der Waals surface area contributed by atoms with Crippen LogP contribution >= 0.6 is 11.9 Å². The smallest absolute Gasteiger partial charge is 0.276 e. The summed E-state index contributed by atoms with van der Waals surface area (Å²) in [4.78, 5) is 32.9. The van der Waals surface area contributed by atoms with E-state index < -0.39 is 17.8 Å². The molecule has 13 heavy (non-hydrogen) atoms. The number of amides is 4. The highest BCUT2D eigenvalue weighted by Crippen LogP contribution is 2.15. The van der Waals surface area contributed by atoms with E-state index in [2.05, 4.69) is 5.32 Å². The van der Waals surface area contributed by atoms with Crippen molar-refractivity contribution in [2.24, 2.45) is 0 Å². The van der Waals surface area contributed by atoms with Crippen LogP contribution in [0.15, 0.2) is 0 Å². The van der Waals surface area contributed by atoms with Gasteiger partial charge in [-0.25, -0.2) is 9.10 Å². The van der Waals surface area contributed by atoms with Gasteiger partial charge in [0.05, 0.1) is 0 Å². The lowest BCUT2D eigenvalue weighted by atomic mass is 10.3. The van der Waals surface area contributed by atoms with Gasteiger partial charge in [-0.2, -0.15) is 0 Å². The quantitative estimate of drug-likeness (QED) is 0.535. The molecule has 0 atom stereocenters. The Labute approximate surface area is 80.0 Å². The molecule has 5 nitrogen and oxygen atoms in total. The largest absolute Gasteiger partial charge is 0.341 e. The fourth-order valence-electron chi connectivity index (χ4n) is 0.850. The van der Waals surface area contributed by atoms with Crippen molar-refractivity contribution in [3.8, 4) is 0 Å². The van der Waals surface area contributed by atoms with E-state index in [9.17, 15) is 14.4 Å². The second-order valence-corrected chi connectivity index (χ2v) is 3.58. The van der Waals surface area contributed by atoms with Crippen molar-refractivity contribution in [2.45, 2.75) is 19.8 Å². The molecule has 0 aromatic carbocycles. The Balaban J connectivity index is 2.56. The first-order valence-electron chi connectivity index (χ1n) is 3.95. The first-order valence-corrected chi connectivity index (χ1v) is 4.89. The Bertz CT molecular complexity index is 234. The number of nitrogens with one attached hydrogen (secondary N) is 1. The van der Waals surface area contributed by atoms with Gasteiger partial charge >= 0.3 is 6.03 Å². The van der Waals surface area contributed by atoms with Gasteiger partial charge in [-0.15, -0.1) is 0 Å². The summed E-state index contributed by atoms with van der Waals surface area (Å²) in [6.07, 6.45) is 0.637. The van der Waals surface area contributed by atoms with Crippen molar-refractivity contribution in [3.05, 3.63) is 0 Å². The van der Waals surface area contributed by atoms with Crippen LogP contribution in [0.5, 0.6) is 0 Å². The number of imide groups is 2. The van der Waals surface area contributed by atoms with Crippen molar-refractivity contribution in [1.82, 2.24) is 9.62 Å². The number of carbonyl (C=O) groups excluding carboxylic acids is 3. The molecule has 0 aromatic rings. The molecule has 0 aromatic heterocycles. The van der Waals surface area contributed by atoms with Gasteiger partial charge in [-0.05, 0) is 18.4 Å². The molecule has 1 rings (SSSR count). The summed E-state index contributed by atoms with van der Waals surface area (Å²) in [5.41, 5.74) is 0. The topological polar surface area (TPSA) is 66.5 Å². The summed E-state index contributed by atoms with van der Waals surface area (Å²) < 4.78 is 1.00. The highest BCUT2D eigenvalue weighted by atomic mass is 32.2. The molecule has 1 heterocycles. The molecule has 0 spiro atoms. The fraction of sp³-hybridized carbons (Fsp3) is 0.571. The zero-order valence-electron chi connectivity index (χ0n) is 7.20. The molecule has 1 N–H and O–H groups in total. The highest BCUT2D eigenvalue weighted by molar-refractivity contribution is 7.98. The molecule has 72 valence electrons. The summed E-state index contributed by atoms with van der Waals surface area (Å²) in [7, 11) is 0. The lowest BCUT2D eigenvalue weighted by molar-refractivity contribution is -0.132. The van der Waals surface area contributed by atoms with E-state index in [-0.39, 0.29) is 6.42 Å². The summed E-state index contributed by atoms with van der Waals surface area (Å²) in [5, 5.41) is 2.08. The standard InChI is InChI=1S/C7H10N2O3S/c1-2-3-13-9-6(11)4-5(10)8-7(9)12/h2-4H2,1H3,(H,8,10,12). The minimum Gasteiger partial charge on any atom is -0.276 e. The molecule has 1 fully saturated rings. The highest BCUT2D eigenvalue weighted by Gasteiger charge is 2.30. The van der Waals surface area contributed by atoms with Crippen molar-refractivity contribution >= 4 is 29.8 Å².